The number of rotatable bonds is 6. The van der Waals surface area contributed by atoms with E-state index in [0.29, 0.717) is 12.3 Å². The molecule has 2 aromatic heterocycles. The van der Waals surface area contributed by atoms with E-state index in [2.05, 4.69) is 15.3 Å². The van der Waals surface area contributed by atoms with Crippen molar-refractivity contribution < 1.29 is 9.53 Å². The van der Waals surface area contributed by atoms with Gasteiger partial charge in [-0.3, -0.25) is 14.8 Å². The lowest BCUT2D eigenvalue weighted by atomic mass is 10.1. The molecule has 2 aromatic carbocycles. The maximum atomic E-state index is 12.1. The van der Waals surface area contributed by atoms with Crippen LogP contribution in [0.15, 0.2) is 85.3 Å². The summed E-state index contributed by atoms with van der Waals surface area (Å²) in [6.45, 7) is 0.375. The minimum atomic E-state index is -0.176. The molecule has 0 unspecified atom stereocenters. The van der Waals surface area contributed by atoms with Crippen LogP contribution in [0.3, 0.4) is 0 Å². The summed E-state index contributed by atoms with van der Waals surface area (Å²) in [5.41, 5.74) is 2.73. The normalized spacial score (nSPS) is 10.6. The van der Waals surface area contributed by atoms with Gasteiger partial charge in [-0.25, -0.2) is 0 Å². The molecule has 4 aromatic rings. The molecule has 0 radical (unpaired) electrons. The summed E-state index contributed by atoms with van der Waals surface area (Å²) < 4.78 is 5.61. The van der Waals surface area contributed by atoms with Crippen LogP contribution in [0.4, 0.5) is 0 Å². The molecule has 0 aliphatic heterocycles. The fourth-order valence-corrected chi connectivity index (χ4v) is 2.87. The Kier molecular flexibility index (Phi) is 5.24. The van der Waals surface area contributed by atoms with Gasteiger partial charge < -0.3 is 10.1 Å². The third-order valence-corrected chi connectivity index (χ3v) is 4.36. The van der Waals surface area contributed by atoms with E-state index in [-0.39, 0.29) is 12.5 Å². The number of pyridine rings is 2. The Morgan fingerprint density at radius 1 is 0.929 bits per heavy atom. The first-order chi connectivity index (χ1) is 13.8. The lowest BCUT2D eigenvalue weighted by Crippen LogP contribution is -2.28. The second kappa shape index (κ2) is 8.31. The van der Waals surface area contributed by atoms with Gasteiger partial charge in [0.15, 0.2) is 6.61 Å². The van der Waals surface area contributed by atoms with E-state index in [9.17, 15) is 4.79 Å². The van der Waals surface area contributed by atoms with Crippen LogP contribution in [0.25, 0.3) is 22.0 Å². The number of benzene rings is 2. The monoisotopic (exact) mass is 369 g/mol. The van der Waals surface area contributed by atoms with Crippen molar-refractivity contribution >= 4 is 16.7 Å². The summed E-state index contributed by atoms with van der Waals surface area (Å²) in [6.07, 6.45) is 5.26. The molecule has 0 spiro atoms. The lowest BCUT2D eigenvalue weighted by Gasteiger charge is -2.09. The number of ether oxygens (including phenoxy) is 1. The molecule has 1 amide bonds. The first-order valence-corrected chi connectivity index (χ1v) is 9.01. The zero-order valence-corrected chi connectivity index (χ0v) is 15.2. The fourth-order valence-electron chi connectivity index (χ4n) is 2.87. The van der Waals surface area contributed by atoms with Crippen molar-refractivity contribution in [1.29, 1.82) is 0 Å². The summed E-state index contributed by atoms with van der Waals surface area (Å²) in [5, 5.41) is 5.07. The van der Waals surface area contributed by atoms with Gasteiger partial charge in [0.25, 0.3) is 5.91 Å². The van der Waals surface area contributed by atoms with E-state index >= 15 is 0 Å². The molecule has 0 aliphatic carbocycles. The predicted molar refractivity (Wildman–Crippen MR) is 109 cm³/mol. The van der Waals surface area contributed by atoms with Crippen LogP contribution >= 0.6 is 0 Å². The molecule has 5 nitrogen and oxygen atoms in total. The highest BCUT2D eigenvalue weighted by Crippen LogP contribution is 2.20. The van der Waals surface area contributed by atoms with Gasteiger partial charge in [0.1, 0.15) is 5.75 Å². The number of aromatic nitrogens is 2. The highest BCUT2D eigenvalue weighted by atomic mass is 16.5. The Morgan fingerprint density at radius 3 is 2.61 bits per heavy atom. The fraction of sp³-hybridized carbons (Fsp3) is 0.0870. The van der Waals surface area contributed by atoms with Crippen molar-refractivity contribution in [3.05, 3.63) is 90.9 Å². The molecule has 0 saturated heterocycles. The lowest BCUT2D eigenvalue weighted by molar-refractivity contribution is -0.123. The van der Waals surface area contributed by atoms with Gasteiger partial charge in [-0.15, -0.1) is 0 Å². The Morgan fingerprint density at radius 2 is 1.82 bits per heavy atom. The molecule has 0 bridgehead atoms. The van der Waals surface area contributed by atoms with E-state index in [1.165, 1.54) is 0 Å². The van der Waals surface area contributed by atoms with E-state index in [0.717, 1.165) is 27.6 Å². The largest absolute Gasteiger partial charge is 0.484 e. The number of nitrogens with zero attached hydrogens (tertiary/aromatic N) is 2. The Labute approximate surface area is 163 Å². The molecule has 0 fully saturated rings. The number of hydrogen-bond acceptors (Lipinski definition) is 4. The van der Waals surface area contributed by atoms with Gasteiger partial charge in [-0.2, -0.15) is 0 Å². The zero-order valence-electron chi connectivity index (χ0n) is 15.2. The van der Waals surface area contributed by atoms with Crippen LogP contribution in [0.5, 0.6) is 5.75 Å². The molecule has 4 rings (SSSR count). The van der Waals surface area contributed by atoms with Crippen LogP contribution in [0, 0.1) is 0 Å². The number of nitrogens with one attached hydrogen (secondary N) is 1. The second-order valence-corrected chi connectivity index (χ2v) is 6.37. The van der Waals surface area contributed by atoms with Gasteiger partial charge in [0, 0.05) is 30.7 Å². The SMILES string of the molecule is O=C(COc1ccc2ccccc2c1)NCc1ccc(-c2cccnc2)nc1. The number of amides is 1. The predicted octanol–water partition coefficient (Wildman–Crippen LogP) is 3.99. The van der Waals surface area contributed by atoms with Crippen LogP contribution in [0.1, 0.15) is 5.56 Å². The van der Waals surface area contributed by atoms with Gasteiger partial charge in [-0.1, -0.05) is 36.4 Å². The minimum Gasteiger partial charge on any atom is -0.484 e. The number of hydrogen-bond donors (Lipinski definition) is 1. The summed E-state index contributed by atoms with van der Waals surface area (Å²) in [6, 6.07) is 21.5. The number of fused-ring (bicyclic) bond motifs is 1. The van der Waals surface area contributed by atoms with Gasteiger partial charge in [0.05, 0.1) is 5.69 Å². The van der Waals surface area contributed by atoms with Crippen molar-refractivity contribution in [2.75, 3.05) is 6.61 Å². The molecular formula is C23H19N3O2. The molecule has 0 saturated carbocycles. The maximum absolute atomic E-state index is 12.1. The quantitative estimate of drug-likeness (QED) is 0.558. The van der Waals surface area contributed by atoms with E-state index in [1.54, 1.807) is 18.6 Å². The third-order valence-electron chi connectivity index (χ3n) is 4.36. The van der Waals surface area contributed by atoms with Crippen LogP contribution in [-0.4, -0.2) is 22.5 Å². The van der Waals surface area contributed by atoms with Crippen LogP contribution in [0.2, 0.25) is 0 Å². The molecule has 28 heavy (non-hydrogen) atoms. The van der Waals surface area contributed by atoms with Gasteiger partial charge in [-0.05, 0) is 46.7 Å². The number of carbonyl (C=O) groups is 1. The average Bonchev–Trinajstić information content (AvgIpc) is 2.77. The molecule has 0 aliphatic rings. The van der Waals surface area contributed by atoms with Gasteiger partial charge >= 0.3 is 0 Å². The first-order valence-electron chi connectivity index (χ1n) is 9.01. The Balaban J connectivity index is 1.29. The van der Waals surface area contributed by atoms with E-state index in [4.69, 9.17) is 4.74 Å². The molecular weight excluding hydrogens is 350 g/mol. The molecule has 2 heterocycles. The second-order valence-electron chi connectivity index (χ2n) is 6.37. The molecule has 5 heteroatoms. The van der Waals surface area contributed by atoms with Crippen LogP contribution < -0.4 is 10.1 Å². The highest BCUT2D eigenvalue weighted by molar-refractivity contribution is 5.84. The Bertz CT molecular complexity index is 1080. The number of carbonyl (C=O) groups excluding carboxylic acids is 1. The topological polar surface area (TPSA) is 64.1 Å². The molecule has 1 N–H and O–H groups in total. The summed E-state index contributed by atoms with van der Waals surface area (Å²) >= 11 is 0. The van der Waals surface area contributed by atoms with Crippen molar-refractivity contribution in [2.45, 2.75) is 6.54 Å². The first kappa shape index (κ1) is 17.7. The minimum absolute atomic E-state index is 0.0282. The van der Waals surface area contributed by atoms with E-state index in [1.807, 2.05) is 66.7 Å². The summed E-state index contributed by atoms with van der Waals surface area (Å²) in [7, 11) is 0. The smallest absolute Gasteiger partial charge is 0.258 e. The summed E-state index contributed by atoms with van der Waals surface area (Å²) in [5.74, 6) is 0.501. The highest BCUT2D eigenvalue weighted by Gasteiger charge is 2.05. The molecule has 138 valence electrons. The average molecular weight is 369 g/mol. The van der Waals surface area contributed by atoms with Crippen molar-refractivity contribution in [3.8, 4) is 17.0 Å². The Hall–Kier alpha value is -3.73. The molecule has 0 atom stereocenters. The van der Waals surface area contributed by atoms with Crippen molar-refractivity contribution in [3.63, 3.8) is 0 Å². The third kappa shape index (κ3) is 4.32. The standard InChI is InChI=1S/C23H19N3O2/c27-23(16-28-21-9-8-18-4-1-2-5-19(18)12-21)26-14-17-7-10-22(25-13-17)20-6-3-11-24-15-20/h1-13,15H,14,16H2,(H,26,27). The van der Waals surface area contributed by atoms with E-state index < -0.39 is 0 Å². The van der Waals surface area contributed by atoms with Crippen LogP contribution in [-0.2, 0) is 11.3 Å². The van der Waals surface area contributed by atoms with Crippen molar-refractivity contribution in [1.82, 2.24) is 15.3 Å². The van der Waals surface area contributed by atoms with Gasteiger partial charge in [0.2, 0.25) is 0 Å². The van der Waals surface area contributed by atoms with Crippen molar-refractivity contribution in [2.24, 2.45) is 0 Å². The summed E-state index contributed by atoms with van der Waals surface area (Å²) in [4.78, 5) is 20.6. The maximum Gasteiger partial charge on any atom is 0.258 e. The zero-order chi connectivity index (χ0) is 19.2.